The second-order valence-corrected chi connectivity index (χ2v) is 3.52. The van der Waals surface area contributed by atoms with Crippen LogP contribution in [0, 0.1) is 0 Å². The van der Waals surface area contributed by atoms with Crippen molar-refractivity contribution in [1.29, 1.82) is 0 Å². The van der Waals surface area contributed by atoms with Gasteiger partial charge in [-0.15, -0.1) is 6.58 Å². The van der Waals surface area contributed by atoms with Crippen molar-refractivity contribution in [1.82, 2.24) is 4.90 Å². The van der Waals surface area contributed by atoms with E-state index in [2.05, 4.69) is 11.5 Å². The summed E-state index contributed by atoms with van der Waals surface area (Å²) in [7, 11) is 0. The Bertz CT molecular complexity index is 368. The first-order valence-corrected chi connectivity index (χ1v) is 5.04. The van der Waals surface area contributed by atoms with Gasteiger partial charge in [-0.3, -0.25) is 4.79 Å². The molecule has 94 valence electrons. The van der Waals surface area contributed by atoms with Crippen molar-refractivity contribution < 1.29 is 19.1 Å². The second-order valence-electron chi connectivity index (χ2n) is 3.52. The first-order chi connectivity index (χ1) is 7.97. The third-order valence-corrected chi connectivity index (χ3v) is 1.81. The van der Waals surface area contributed by atoms with Crippen LogP contribution in [-0.4, -0.2) is 23.3 Å². The predicted octanol–water partition coefficient (Wildman–Crippen LogP) is 2.30. The lowest BCUT2D eigenvalue weighted by atomic mass is 10.2. The largest absolute Gasteiger partial charge is 0.384 e. The van der Waals surface area contributed by atoms with Crippen LogP contribution < -0.4 is 0 Å². The highest BCUT2D eigenvalue weighted by molar-refractivity contribution is 6.16. The van der Waals surface area contributed by atoms with E-state index in [1.807, 2.05) is 0 Å². The Labute approximate surface area is 99.9 Å². The Kier molecular flexibility index (Phi) is 6.55. The van der Waals surface area contributed by atoms with Gasteiger partial charge >= 0.3 is 5.97 Å². The summed E-state index contributed by atoms with van der Waals surface area (Å²) in [6, 6.07) is 0. The zero-order chi connectivity index (χ0) is 13.4. The number of carbonyl (C=O) groups excluding carboxylic acids is 2. The number of rotatable bonds is 5. The van der Waals surface area contributed by atoms with Crippen LogP contribution in [0.4, 0.5) is 4.53 Å². The fourth-order valence-electron chi connectivity index (χ4n) is 1.17. The summed E-state index contributed by atoms with van der Waals surface area (Å²) in [5.74, 6) is -1.93. The fourth-order valence-corrected chi connectivity index (χ4v) is 1.17. The van der Waals surface area contributed by atoms with Crippen LogP contribution in [0.15, 0.2) is 36.1 Å². The van der Waals surface area contributed by atoms with E-state index in [9.17, 15) is 14.1 Å². The van der Waals surface area contributed by atoms with Gasteiger partial charge in [0.05, 0.1) is 0 Å². The molecule has 0 aromatic rings. The van der Waals surface area contributed by atoms with Crippen molar-refractivity contribution in [3.05, 3.63) is 36.1 Å². The molecule has 0 rings (SSSR count). The SMILES string of the molecule is C=CCN(C=C(C)C)C(=O)/C(=C\C)C(=O)OF. The quantitative estimate of drug-likeness (QED) is 0.321. The number of amides is 1. The summed E-state index contributed by atoms with van der Waals surface area (Å²) < 4.78 is 11.8. The van der Waals surface area contributed by atoms with Crippen LogP contribution in [-0.2, 0) is 14.5 Å². The van der Waals surface area contributed by atoms with Crippen molar-refractivity contribution in [2.45, 2.75) is 20.8 Å². The molecule has 0 aliphatic rings. The van der Waals surface area contributed by atoms with E-state index in [1.165, 1.54) is 24.0 Å². The summed E-state index contributed by atoms with van der Waals surface area (Å²) in [5, 5.41) is 0. The van der Waals surface area contributed by atoms with Crippen LogP contribution in [0.3, 0.4) is 0 Å². The second kappa shape index (κ2) is 7.38. The van der Waals surface area contributed by atoms with Gasteiger partial charge in [0.25, 0.3) is 5.91 Å². The summed E-state index contributed by atoms with van der Waals surface area (Å²) in [5.41, 5.74) is 0.510. The molecule has 0 aromatic heterocycles. The smallest absolute Gasteiger partial charge is 0.311 e. The Morgan fingerprint density at radius 3 is 2.35 bits per heavy atom. The topological polar surface area (TPSA) is 46.6 Å². The maximum absolute atomic E-state index is 11.9. The van der Waals surface area contributed by atoms with Crippen LogP contribution >= 0.6 is 0 Å². The van der Waals surface area contributed by atoms with Crippen molar-refractivity contribution in [3.8, 4) is 0 Å². The zero-order valence-electron chi connectivity index (χ0n) is 10.2. The van der Waals surface area contributed by atoms with E-state index in [1.54, 1.807) is 20.0 Å². The lowest BCUT2D eigenvalue weighted by molar-refractivity contribution is -0.178. The number of halogens is 1. The van der Waals surface area contributed by atoms with Gasteiger partial charge in [0, 0.05) is 17.3 Å². The van der Waals surface area contributed by atoms with E-state index in [0.717, 1.165) is 5.57 Å². The van der Waals surface area contributed by atoms with Crippen LogP contribution in [0.1, 0.15) is 20.8 Å². The summed E-state index contributed by atoms with van der Waals surface area (Å²) in [6.07, 6.45) is 4.27. The molecule has 0 bridgehead atoms. The number of carbonyl (C=O) groups is 2. The van der Waals surface area contributed by atoms with Crippen molar-refractivity contribution >= 4 is 11.9 Å². The van der Waals surface area contributed by atoms with Gasteiger partial charge < -0.3 is 4.90 Å². The minimum Gasteiger partial charge on any atom is -0.311 e. The van der Waals surface area contributed by atoms with E-state index in [0.29, 0.717) is 0 Å². The molecule has 0 radical (unpaired) electrons. The van der Waals surface area contributed by atoms with Crippen LogP contribution in [0.5, 0.6) is 0 Å². The number of nitrogens with zero attached hydrogens (tertiary/aromatic N) is 1. The molecule has 0 heterocycles. The summed E-state index contributed by atoms with van der Waals surface area (Å²) in [4.78, 5) is 27.2. The molecular weight excluding hydrogens is 225 g/mol. The van der Waals surface area contributed by atoms with E-state index in [4.69, 9.17) is 0 Å². The molecule has 0 saturated heterocycles. The van der Waals surface area contributed by atoms with E-state index < -0.39 is 11.9 Å². The minimum absolute atomic E-state index is 0.223. The van der Waals surface area contributed by atoms with Crippen LogP contribution in [0.25, 0.3) is 0 Å². The molecule has 5 heteroatoms. The van der Waals surface area contributed by atoms with Gasteiger partial charge in [0.2, 0.25) is 0 Å². The Balaban J connectivity index is 5.13. The molecule has 0 unspecified atom stereocenters. The van der Waals surface area contributed by atoms with Gasteiger partial charge in [-0.1, -0.05) is 17.7 Å². The molecule has 0 aliphatic heterocycles. The molecule has 1 amide bonds. The average Bonchev–Trinajstić information content (AvgIpc) is 2.28. The first-order valence-electron chi connectivity index (χ1n) is 5.04. The average molecular weight is 241 g/mol. The number of hydrogen-bond acceptors (Lipinski definition) is 3. The molecule has 17 heavy (non-hydrogen) atoms. The highest BCUT2D eigenvalue weighted by Gasteiger charge is 2.23. The minimum atomic E-state index is -1.30. The number of hydrogen-bond donors (Lipinski definition) is 0. The third kappa shape index (κ3) is 4.63. The molecular formula is C12H16FNO3. The highest BCUT2D eigenvalue weighted by Crippen LogP contribution is 2.08. The van der Waals surface area contributed by atoms with Crippen molar-refractivity contribution in [2.75, 3.05) is 6.54 Å². The molecule has 4 nitrogen and oxygen atoms in total. The third-order valence-electron chi connectivity index (χ3n) is 1.81. The molecule has 0 fully saturated rings. The zero-order valence-corrected chi connectivity index (χ0v) is 10.2. The molecule has 0 N–H and O–H groups in total. The van der Waals surface area contributed by atoms with Gasteiger partial charge in [0.1, 0.15) is 5.57 Å². The molecule has 0 atom stereocenters. The molecule has 0 aromatic carbocycles. The molecule has 0 spiro atoms. The lowest BCUT2D eigenvalue weighted by Crippen LogP contribution is -2.30. The maximum Gasteiger partial charge on any atom is 0.384 e. The first kappa shape index (κ1) is 15.1. The van der Waals surface area contributed by atoms with E-state index >= 15 is 0 Å². The lowest BCUT2D eigenvalue weighted by Gasteiger charge is -2.17. The standard InChI is InChI=1S/C12H16FNO3/c1-5-7-14(8-9(3)4)11(15)10(6-2)12(16)17-13/h5-6,8H,1,7H2,2-4H3/b10-6+. The summed E-state index contributed by atoms with van der Waals surface area (Å²) in [6.45, 7) is 8.78. The maximum atomic E-state index is 11.9. The normalized spacial score (nSPS) is 10.5. The fraction of sp³-hybridized carbons (Fsp3) is 0.333. The number of allylic oxidation sites excluding steroid dienone is 2. The van der Waals surface area contributed by atoms with E-state index in [-0.39, 0.29) is 12.1 Å². The van der Waals surface area contributed by atoms with Gasteiger partial charge in [-0.2, -0.15) is 0 Å². The van der Waals surface area contributed by atoms with Crippen molar-refractivity contribution in [3.63, 3.8) is 0 Å². The van der Waals surface area contributed by atoms with Crippen LogP contribution in [0.2, 0.25) is 0 Å². The predicted molar refractivity (Wildman–Crippen MR) is 62.3 cm³/mol. The highest BCUT2D eigenvalue weighted by atomic mass is 19.3. The Morgan fingerprint density at radius 1 is 1.41 bits per heavy atom. The van der Waals surface area contributed by atoms with Gasteiger partial charge in [-0.05, 0) is 20.8 Å². The Hall–Kier alpha value is -1.91. The van der Waals surface area contributed by atoms with Gasteiger partial charge in [-0.25, -0.2) is 9.74 Å². The summed E-state index contributed by atoms with van der Waals surface area (Å²) >= 11 is 0. The monoisotopic (exact) mass is 241 g/mol. The molecule has 0 saturated carbocycles. The van der Waals surface area contributed by atoms with Crippen molar-refractivity contribution in [2.24, 2.45) is 0 Å². The Morgan fingerprint density at radius 2 is 2.00 bits per heavy atom. The molecule has 0 aliphatic carbocycles. The van der Waals surface area contributed by atoms with Gasteiger partial charge in [0.15, 0.2) is 0 Å².